The zero-order valence-corrected chi connectivity index (χ0v) is 40.6. The molecule has 10 heteroatoms. The van der Waals surface area contributed by atoms with Gasteiger partial charge in [0.15, 0.2) is 0 Å². The average molecular weight is 969 g/mol. The van der Waals surface area contributed by atoms with Gasteiger partial charge < -0.3 is 33.3 Å². The molecule has 0 radical (unpaired) electrons. The molecule has 0 bridgehead atoms. The summed E-state index contributed by atoms with van der Waals surface area (Å²) >= 11 is 0. The van der Waals surface area contributed by atoms with Gasteiger partial charge in [-0.05, 0) is 111 Å². The van der Waals surface area contributed by atoms with Gasteiger partial charge in [0.05, 0.1) is 16.7 Å². The van der Waals surface area contributed by atoms with E-state index >= 15 is 0 Å². The molecule has 6 aliphatic rings. The van der Waals surface area contributed by atoms with Crippen molar-refractivity contribution < 1.29 is 18.9 Å². The van der Waals surface area contributed by atoms with Crippen LogP contribution < -0.4 is 77.9 Å². The molecule has 0 atom stereocenters. The van der Waals surface area contributed by atoms with E-state index in [9.17, 15) is 0 Å². The second kappa shape index (κ2) is 14.9. The molecule has 18 rings (SSSR count). The summed E-state index contributed by atoms with van der Waals surface area (Å²) in [6.45, 7) is -0.705. The second-order valence-electron chi connectivity index (χ2n) is 20.6. The number of aromatic nitrogens is 1. The predicted octanol–water partition coefficient (Wildman–Crippen LogP) is 10.3. The fourth-order valence-corrected chi connectivity index (χ4v) is 13.8. The molecule has 7 heterocycles. The highest BCUT2D eigenvalue weighted by molar-refractivity contribution is 7.05. The summed E-state index contributed by atoms with van der Waals surface area (Å²) in [5.74, 6) is 6.52. The number of hydrogen-bond donors (Lipinski definition) is 0. The Bertz CT molecular complexity index is 4240. The SMILES string of the molecule is c1ccc(N2c3cc(-n4c5ccccc5c5ccccc54)cc4c3B(c3c2cc2c5c3Oc3ccccc3B5c3ccccc3O2)c2c(cc3c5c2Oc2ccccc2B5c2ccccc2O3)N4c2ccccc2)cc1. The Kier molecular flexibility index (Phi) is 7.99. The summed E-state index contributed by atoms with van der Waals surface area (Å²) < 4.78 is 31.9. The van der Waals surface area contributed by atoms with Crippen molar-refractivity contribution in [2.24, 2.45) is 0 Å². The van der Waals surface area contributed by atoms with Crippen LogP contribution in [-0.2, 0) is 0 Å². The molecular weight excluding hydrogens is 931 g/mol. The maximum Gasteiger partial charge on any atom is 0.261 e. The molecule has 0 saturated carbocycles. The summed E-state index contributed by atoms with van der Waals surface area (Å²) in [5, 5.41) is 2.39. The van der Waals surface area contributed by atoms with Gasteiger partial charge in [-0.2, -0.15) is 0 Å². The number of nitrogens with zero attached hydrogens (tertiary/aromatic N) is 3. The molecule has 6 aliphatic heterocycles. The van der Waals surface area contributed by atoms with Crippen LogP contribution in [0.3, 0.4) is 0 Å². The Morgan fingerprint density at radius 2 is 0.618 bits per heavy atom. The van der Waals surface area contributed by atoms with Crippen molar-refractivity contribution in [2.45, 2.75) is 0 Å². The number of fused-ring (bicyclic) bond motifs is 17. The van der Waals surface area contributed by atoms with E-state index in [2.05, 4.69) is 245 Å². The van der Waals surface area contributed by atoms with Crippen LogP contribution in [0.2, 0.25) is 0 Å². The van der Waals surface area contributed by atoms with Crippen LogP contribution >= 0.6 is 0 Å². The molecule has 76 heavy (non-hydrogen) atoms. The predicted molar refractivity (Wildman–Crippen MR) is 310 cm³/mol. The fraction of sp³-hybridized carbons (Fsp3) is 0. The van der Waals surface area contributed by atoms with Crippen molar-refractivity contribution in [3.63, 3.8) is 0 Å². The van der Waals surface area contributed by atoms with Gasteiger partial charge in [0, 0.05) is 68.0 Å². The third-order valence-electron chi connectivity index (χ3n) is 16.8. The first kappa shape index (κ1) is 40.7. The highest BCUT2D eigenvalue weighted by Gasteiger charge is 2.53. The van der Waals surface area contributed by atoms with E-state index in [1.165, 1.54) is 10.8 Å². The molecule has 0 unspecified atom stereocenters. The first-order valence-electron chi connectivity index (χ1n) is 26.1. The minimum atomic E-state index is -0.422. The molecule has 0 aliphatic carbocycles. The van der Waals surface area contributed by atoms with Crippen LogP contribution in [0.5, 0.6) is 46.0 Å². The van der Waals surface area contributed by atoms with Crippen LogP contribution in [0.25, 0.3) is 27.5 Å². The van der Waals surface area contributed by atoms with E-state index in [-0.39, 0.29) is 13.4 Å². The molecule has 0 spiro atoms. The Hall–Kier alpha value is -9.79. The second-order valence-corrected chi connectivity index (χ2v) is 20.6. The van der Waals surface area contributed by atoms with Gasteiger partial charge in [0.2, 0.25) is 0 Å². The van der Waals surface area contributed by atoms with Crippen molar-refractivity contribution in [2.75, 3.05) is 9.80 Å². The van der Waals surface area contributed by atoms with Crippen molar-refractivity contribution in [3.8, 4) is 51.7 Å². The van der Waals surface area contributed by atoms with Crippen molar-refractivity contribution in [1.29, 1.82) is 0 Å². The highest BCUT2D eigenvalue weighted by atomic mass is 16.5. The summed E-state index contributed by atoms with van der Waals surface area (Å²) in [5.41, 5.74) is 19.1. The summed E-state index contributed by atoms with van der Waals surface area (Å²) in [7, 11) is 0. The first-order chi connectivity index (χ1) is 37.7. The topological polar surface area (TPSA) is 48.3 Å². The van der Waals surface area contributed by atoms with E-state index in [4.69, 9.17) is 18.9 Å². The number of anilines is 6. The summed E-state index contributed by atoms with van der Waals surface area (Å²) in [4.78, 5) is 4.91. The molecule has 11 aromatic carbocycles. The molecule has 1 aromatic heterocycles. The Morgan fingerprint density at radius 3 is 1.05 bits per heavy atom. The minimum Gasteiger partial charge on any atom is -0.459 e. The number of ether oxygens (including phenoxy) is 4. The number of rotatable bonds is 3. The lowest BCUT2D eigenvalue weighted by Crippen LogP contribution is -2.66. The van der Waals surface area contributed by atoms with Crippen LogP contribution in [0, 0.1) is 0 Å². The minimum absolute atomic E-state index is 0.142. The van der Waals surface area contributed by atoms with Gasteiger partial charge in [-0.1, -0.05) is 146 Å². The normalized spacial score (nSPS) is 14.1. The zero-order valence-electron chi connectivity index (χ0n) is 40.6. The largest absolute Gasteiger partial charge is 0.459 e. The van der Waals surface area contributed by atoms with E-state index in [1.54, 1.807) is 0 Å². The maximum atomic E-state index is 7.57. The molecule has 12 aromatic rings. The first-order valence-corrected chi connectivity index (χ1v) is 26.1. The van der Waals surface area contributed by atoms with Crippen LogP contribution in [-0.4, -0.2) is 24.7 Å². The molecule has 350 valence electrons. The van der Waals surface area contributed by atoms with Crippen molar-refractivity contribution in [1.82, 2.24) is 4.57 Å². The Labute approximate surface area is 438 Å². The number of hydrogen-bond acceptors (Lipinski definition) is 6. The number of para-hydroxylation sites is 8. The van der Waals surface area contributed by atoms with Crippen molar-refractivity contribution in [3.05, 3.63) is 231 Å². The van der Waals surface area contributed by atoms with Gasteiger partial charge in [-0.25, -0.2) is 0 Å². The van der Waals surface area contributed by atoms with Gasteiger partial charge >= 0.3 is 0 Å². The number of benzene rings is 11. The third-order valence-corrected chi connectivity index (χ3v) is 16.8. The third kappa shape index (κ3) is 5.29. The van der Waals surface area contributed by atoms with E-state index < -0.39 is 6.71 Å². The molecule has 7 nitrogen and oxygen atoms in total. The van der Waals surface area contributed by atoms with E-state index in [0.29, 0.717) is 0 Å². The molecular formula is C66H38B3N3O4. The molecule has 0 fully saturated rings. The van der Waals surface area contributed by atoms with Crippen LogP contribution in [0.15, 0.2) is 231 Å². The smallest absolute Gasteiger partial charge is 0.261 e. The Balaban J connectivity index is 1.03. The van der Waals surface area contributed by atoms with Crippen LogP contribution in [0.1, 0.15) is 0 Å². The standard InChI is InChI=1S/C66H38B3N3O4/c1-3-19-39(20-4-1)70-50-35-41(72-48-29-13-7-23-42(48)43-24-8-14-30-49(43)72)36-51-60(50)69(61-52(70)37-58-63-65(61)75-56-33-17-11-27-46(56)67(63)44-25-9-15-31-54(44)73-58)62-53(71(51)40-21-5-2-6-22-40)38-59-64-66(62)76-57-34-18-12-28-47(57)68(64)45-26-10-16-32-55(45)74-59/h1-38H. The van der Waals surface area contributed by atoms with Gasteiger partial charge in [-0.3, -0.25) is 0 Å². The van der Waals surface area contributed by atoms with Crippen molar-refractivity contribution >= 4 is 125 Å². The van der Waals surface area contributed by atoms with E-state index in [0.717, 1.165) is 146 Å². The fourth-order valence-electron chi connectivity index (χ4n) is 13.8. The lowest BCUT2D eigenvalue weighted by atomic mass is 9.29. The average Bonchev–Trinajstić information content (AvgIpc) is 3.87. The molecule has 0 N–H and O–H groups in total. The summed E-state index contributed by atoms with van der Waals surface area (Å²) in [6, 6.07) is 82.6. The van der Waals surface area contributed by atoms with Crippen LogP contribution in [0.4, 0.5) is 34.1 Å². The molecule has 0 saturated heterocycles. The lowest BCUT2D eigenvalue weighted by molar-refractivity contribution is 0.466. The highest BCUT2D eigenvalue weighted by Crippen LogP contribution is 2.51. The molecule has 0 amide bonds. The Morgan fingerprint density at radius 1 is 0.263 bits per heavy atom. The lowest BCUT2D eigenvalue weighted by Gasteiger charge is -2.47. The quantitative estimate of drug-likeness (QED) is 0.165. The van der Waals surface area contributed by atoms with Gasteiger partial charge in [0.1, 0.15) is 46.0 Å². The zero-order chi connectivity index (χ0) is 49.3. The summed E-state index contributed by atoms with van der Waals surface area (Å²) in [6.07, 6.45) is 0. The maximum absolute atomic E-state index is 7.57. The van der Waals surface area contributed by atoms with Gasteiger partial charge in [0.25, 0.3) is 20.1 Å². The monoisotopic (exact) mass is 969 g/mol. The van der Waals surface area contributed by atoms with Gasteiger partial charge in [-0.15, -0.1) is 0 Å². The van der Waals surface area contributed by atoms with E-state index in [1.807, 2.05) is 0 Å².